The van der Waals surface area contributed by atoms with E-state index in [1.165, 1.54) is 12.1 Å². The van der Waals surface area contributed by atoms with E-state index in [2.05, 4.69) is 0 Å². The van der Waals surface area contributed by atoms with Crippen LogP contribution in [0.5, 0.6) is 11.5 Å². The molecule has 0 amide bonds. The fourth-order valence-electron chi connectivity index (χ4n) is 3.52. The number of halogens is 2. The van der Waals surface area contributed by atoms with Gasteiger partial charge in [-0.25, -0.2) is 4.39 Å². The molecule has 0 fully saturated rings. The summed E-state index contributed by atoms with van der Waals surface area (Å²) in [7, 11) is 3.24. The number of hydrogen-bond acceptors (Lipinski definition) is 4. The minimum absolute atomic E-state index is 0.150. The molecule has 3 aromatic rings. The molecule has 1 heterocycles. The van der Waals surface area contributed by atoms with Gasteiger partial charge in [-0.3, -0.25) is 5.01 Å². The van der Waals surface area contributed by atoms with Gasteiger partial charge in [-0.1, -0.05) is 29.8 Å². The average Bonchev–Trinajstić information content (AvgIpc) is 3.19. The summed E-state index contributed by atoms with van der Waals surface area (Å²) in [6.45, 7) is 0. The Morgan fingerprint density at radius 3 is 2.48 bits per heavy atom. The Kier molecular flexibility index (Phi) is 5.41. The van der Waals surface area contributed by atoms with Crippen molar-refractivity contribution in [3.63, 3.8) is 0 Å². The molecule has 4 nitrogen and oxygen atoms in total. The highest BCUT2D eigenvalue weighted by Gasteiger charge is 2.32. The van der Waals surface area contributed by atoms with Gasteiger partial charge in [-0.05, 0) is 48.0 Å². The smallest absolute Gasteiger partial charge is 0.127 e. The predicted molar refractivity (Wildman–Crippen MR) is 114 cm³/mol. The Balaban J connectivity index is 1.79. The number of nitrogens with zero attached hydrogens (tertiary/aromatic N) is 2. The quantitative estimate of drug-likeness (QED) is 0.529. The summed E-state index contributed by atoms with van der Waals surface area (Å²) in [5.41, 5.74) is 3.50. The zero-order valence-electron chi connectivity index (χ0n) is 16.1. The van der Waals surface area contributed by atoms with Crippen LogP contribution in [0.25, 0.3) is 0 Å². The molecule has 1 aliphatic heterocycles. The summed E-state index contributed by atoms with van der Waals surface area (Å²) in [6.07, 6.45) is 0.640. The lowest BCUT2D eigenvalue weighted by Crippen LogP contribution is -2.19. The third kappa shape index (κ3) is 3.91. The molecular weight excluding hydrogens is 391 g/mol. The van der Waals surface area contributed by atoms with Gasteiger partial charge >= 0.3 is 0 Å². The molecule has 0 N–H and O–H groups in total. The lowest BCUT2D eigenvalue weighted by atomic mass is 9.97. The molecule has 0 spiro atoms. The molecule has 0 unspecified atom stereocenters. The van der Waals surface area contributed by atoms with E-state index in [9.17, 15) is 4.39 Å². The van der Waals surface area contributed by atoms with Crippen molar-refractivity contribution < 1.29 is 13.9 Å². The Labute approximate surface area is 174 Å². The molecule has 6 heteroatoms. The van der Waals surface area contributed by atoms with Gasteiger partial charge in [0, 0.05) is 23.1 Å². The van der Waals surface area contributed by atoms with E-state index in [4.69, 9.17) is 26.2 Å². The van der Waals surface area contributed by atoms with Crippen molar-refractivity contribution in [1.82, 2.24) is 0 Å². The first-order chi connectivity index (χ1) is 14.1. The third-order valence-electron chi connectivity index (χ3n) is 4.96. The zero-order chi connectivity index (χ0) is 20.4. The average molecular weight is 411 g/mol. The van der Waals surface area contributed by atoms with Crippen molar-refractivity contribution in [3.8, 4) is 11.5 Å². The van der Waals surface area contributed by atoms with Crippen LogP contribution in [0.4, 0.5) is 10.1 Å². The number of hydrogen-bond donors (Lipinski definition) is 0. The Bertz CT molecular complexity index is 1050. The molecule has 4 rings (SSSR count). The number of anilines is 1. The van der Waals surface area contributed by atoms with Crippen LogP contribution in [0.1, 0.15) is 23.6 Å². The molecule has 1 aliphatic rings. The second-order valence-corrected chi connectivity index (χ2v) is 7.14. The van der Waals surface area contributed by atoms with Crippen LogP contribution in [0.15, 0.2) is 71.8 Å². The van der Waals surface area contributed by atoms with E-state index >= 15 is 0 Å². The highest BCUT2D eigenvalue weighted by Crippen LogP contribution is 2.41. The molecule has 3 aromatic carbocycles. The molecule has 0 saturated heterocycles. The van der Waals surface area contributed by atoms with Crippen LogP contribution < -0.4 is 14.5 Å². The highest BCUT2D eigenvalue weighted by molar-refractivity contribution is 6.30. The van der Waals surface area contributed by atoms with E-state index in [0.29, 0.717) is 28.6 Å². The first kappa shape index (κ1) is 19.3. The first-order valence-corrected chi connectivity index (χ1v) is 9.57. The van der Waals surface area contributed by atoms with Crippen molar-refractivity contribution in [1.29, 1.82) is 0 Å². The second kappa shape index (κ2) is 8.13. The lowest BCUT2D eigenvalue weighted by molar-refractivity contribution is 0.388. The van der Waals surface area contributed by atoms with Gasteiger partial charge in [-0.2, -0.15) is 5.10 Å². The molecule has 0 radical (unpaired) electrons. The summed E-state index contributed by atoms with van der Waals surface area (Å²) in [5, 5.41) is 7.34. The molecule has 148 valence electrons. The summed E-state index contributed by atoms with van der Waals surface area (Å²) in [6, 6.07) is 19.6. The van der Waals surface area contributed by atoms with Crippen LogP contribution in [0.3, 0.4) is 0 Å². The van der Waals surface area contributed by atoms with Crippen LogP contribution in [0, 0.1) is 5.82 Å². The maximum absolute atomic E-state index is 13.9. The minimum Gasteiger partial charge on any atom is -0.497 e. The molecule has 29 heavy (non-hydrogen) atoms. The maximum atomic E-state index is 13.9. The topological polar surface area (TPSA) is 34.1 Å². The van der Waals surface area contributed by atoms with Crippen molar-refractivity contribution in [2.45, 2.75) is 12.5 Å². The Hall–Kier alpha value is -3.05. The first-order valence-electron chi connectivity index (χ1n) is 9.19. The standard InChI is InChI=1S/C23H20ClFN2O2/c1-28-19-10-11-20(23(13-19)29-2)22-14-21(15-6-8-16(24)9-7-15)26-27(22)18-5-3-4-17(25)12-18/h3-13,22H,14H2,1-2H3/t22-/m0/s1. The van der Waals surface area contributed by atoms with Crippen LogP contribution in [0.2, 0.25) is 5.02 Å². The molecule has 1 atom stereocenters. The Morgan fingerprint density at radius 2 is 1.79 bits per heavy atom. The van der Waals surface area contributed by atoms with Crippen molar-refractivity contribution in [3.05, 3.63) is 88.7 Å². The number of benzene rings is 3. The number of rotatable bonds is 5. The van der Waals surface area contributed by atoms with Crippen LogP contribution in [-0.2, 0) is 0 Å². The van der Waals surface area contributed by atoms with E-state index < -0.39 is 0 Å². The van der Waals surface area contributed by atoms with Gasteiger partial charge in [0.15, 0.2) is 0 Å². The fraction of sp³-hybridized carbons (Fsp3) is 0.174. The van der Waals surface area contributed by atoms with E-state index in [-0.39, 0.29) is 11.9 Å². The van der Waals surface area contributed by atoms with Gasteiger partial charge in [0.1, 0.15) is 17.3 Å². The van der Waals surface area contributed by atoms with Gasteiger partial charge in [0.25, 0.3) is 0 Å². The minimum atomic E-state index is -0.307. The molecule has 0 aliphatic carbocycles. The summed E-state index contributed by atoms with van der Waals surface area (Å²) in [4.78, 5) is 0. The largest absolute Gasteiger partial charge is 0.497 e. The van der Waals surface area contributed by atoms with E-state index in [1.807, 2.05) is 53.5 Å². The number of methoxy groups -OCH3 is 2. The van der Waals surface area contributed by atoms with Gasteiger partial charge in [-0.15, -0.1) is 0 Å². The summed E-state index contributed by atoms with van der Waals surface area (Å²) >= 11 is 6.03. The number of ether oxygens (including phenoxy) is 2. The molecule has 0 aromatic heterocycles. The Morgan fingerprint density at radius 1 is 1.00 bits per heavy atom. The third-order valence-corrected chi connectivity index (χ3v) is 5.21. The van der Waals surface area contributed by atoms with Gasteiger partial charge in [0.2, 0.25) is 0 Å². The van der Waals surface area contributed by atoms with Crippen LogP contribution in [-0.4, -0.2) is 19.9 Å². The molecule has 0 saturated carbocycles. The van der Waals surface area contributed by atoms with Crippen molar-refractivity contribution in [2.75, 3.05) is 19.2 Å². The maximum Gasteiger partial charge on any atom is 0.127 e. The van der Waals surface area contributed by atoms with Crippen molar-refractivity contribution >= 4 is 23.0 Å². The second-order valence-electron chi connectivity index (χ2n) is 6.71. The number of hydrazone groups is 1. The normalized spacial score (nSPS) is 15.9. The lowest BCUT2D eigenvalue weighted by Gasteiger charge is -2.25. The summed E-state index contributed by atoms with van der Waals surface area (Å²) in [5.74, 6) is 1.10. The van der Waals surface area contributed by atoms with Crippen molar-refractivity contribution in [2.24, 2.45) is 5.10 Å². The predicted octanol–water partition coefficient (Wildman–Crippen LogP) is 5.85. The highest BCUT2D eigenvalue weighted by atomic mass is 35.5. The molecule has 0 bridgehead atoms. The summed E-state index contributed by atoms with van der Waals surface area (Å²) < 4.78 is 24.9. The van der Waals surface area contributed by atoms with E-state index in [0.717, 1.165) is 16.8 Å². The fourth-order valence-corrected chi connectivity index (χ4v) is 3.65. The monoisotopic (exact) mass is 410 g/mol. The van der Waals surface area contributed by atoms with Gasteiger partial charge < -0.3 is 9.47 Å². The van der Waals surface area contributed by atoms with E-state index in [1.54, 1.807) is 20.3 Å². The SMILES string of the molecule is COc1ccc([C@@H]2CC(c3ccc(Cl)cc3)=NN2c2cccc(F)c2)c(OC)c1. The zero-order valence-corrected chi connectivity index (χ0v) is 16.9. The van der Waals surface area contributed by atoms with Crippen LogP contribution >= 0.6 is 11.6 Å². The molecular formula is C23H20ClFN2O2. The van der Waals surface area contributed by atoms with Gasteiger partial charge in [0.05, 0.1) is 31.7 Å².